The third-order valence-corrected chi connectivity index (χ3v) is 3.28. The summed E-state index contributed by atoms with van der Waals surface area (Å²) in [5.41, 5.74) is 1.69. The molecule has 0 aliphatic carbocycles. The number of hydrogen-bond donors (Lipinski definition) is 0. The average Bonchev–Trinajstić information content (AvgIpc) is 2.46. The fourth-order valence-corrected chi connectivity index (χ4v) is 2.04. The maximum Gasteiger partial charge on any atom is 0.0647 e. The van der Waals surface area contributed by atoms with Gasteiger partial charge in [-0.05, 0) is 18.0 Å². The largest absolute Gasteiger partial charge is 0.540 e. The van der Waals surface area contributed by atoms with E-state index in [0.29, 0.717) is 5.75 Å². The summed E-state index contributed by atoms with van der Waals surface area (Å²) in [5, 5.41) is 0. The Bertz CT molecular complexity index is 549. The van der Waals surface area contributed by atoms with Crippen molar-refractivity contribution in [1.82, 2.24) is 4.98 Å². The molecule has 103 valence electrons. The molecule has 3 nitrogen and oxygen atoms in total. The Hall–Kier alpha value is -1.06. The van der Waals surface area contributed by atoms with Crippen LogP contribution < -0.4 is 9.47 Å². The standard InChI is InChI=1S/C14H14NO2S.Rh/c1-16-10-4-5-12(14(8-10)17-2)13-9-11(18-3)6-7-15-13;/h4,6-9H,1-3H3;/q-1;. The van der Waals surface area contributed by atoms with Gasteiger partial charge in [0.2, 0.25) is 0 Å². The Morgan fingerprint density at radius 2 is 2.00 bits per heavy atom. The molecule has 0 saturated heterocycles. The first kappa shape index (κ1) is 16.0. The maximum atomic E-state index is 5.36. The Kier molecular flexibility index (Phi) is 6.33. The molecule has 0 atom stereocenters. The van der Waals surface area contributed by atoms with Gasteiger partial charge in [0.1, 0.15) is 0 Å². The molecule has 5 heteroatoms. The van der Waals surface area contributed by atoms with Crippen molar-refractivity contribution in [3.8, 4) is 22.8 Å². The Morgan fingerprint density at radius 1 is 1.21 bits per heavy atom. The van der Waals surface area contributed by atoms with Crippen molar-refractivity contribution >= 4 is 11.8 Å². The number of nitrogens with zero attached hydrogens (tertiary/aromatic N) is 1. The molecule has 2 aromatic rings. The summed E-state index contributed by atoms with van der Waals surface area (Å²) >= 11 is 1.68. The monoisotopic (exact) mass is 363 g/mol. The second-order valence-electron chi connectivity index (χ2n) is 3.56. The minimum absolute atomic E-state index is 0. The first-order valence-corrected chi connectivity index (χ1v) is 6.65. The summed E-state index contributed by atoms with van der Waals surface area (Å²) in [6.07, 6.45) is 3.83. The van der Waals surface area contributed by atoms with Crippen LogP contribution in [-0.2, 0) is 19.5 Å². The molecule has 0 fully saturated rings. The van der Waals surface area contributed by atoms with Gasteiger partial charge in [0.15, 0.2) is 0 Å². The van der Waals surface area contributed by atoms with Crippen molar-refractivity contribution in [3.63, 3.8) is 0 Å². The number of aromatic nitrogens is 1. The van der Waals surface area contributed by atoms with Gasteiger partial charge in [0, 0.05) is 42.1 Å². The van der Waals surface area contributed by atoms with E-state index >= 15 is 0 Å². The molecule has 0 aliphatic rings. The van der Waals surface area contributed by atoms with Crippen LogP contribution in [0.25, 0.3) is 11.3 Å². The van der Waals surface area contributed by atoms with E-state index < -0.39 is 0 Å². The fourth-order valence-electron chi connectivity index (χ4n) is 1.61. The first-order valence-electron chi connectivity index (χ1n) is 5.42. The van der Waals surface area contributed by atoms with Crippen LogP contribution in [0.5, 0.6) is 11.5 Å². The summed E-state index contributed by atoms with van der Waals surface area (Å²) in [4.78, 5) is 5.51. The molecule has 0 bridgehead atoms. The Morgan fingerprint density at radius 3 is 2.63 bits per heavy atom. The molecule has 1 radical (unpaired) electrons. The second kappa shape index (κ2) is 7.51. The molecule has 19 heavy (non-hydrogen) atoms. The van der Waals surface area contributed by atoms with E-state index in [0.717, 1.165) is 21.9 Å². The maximum absolute atomic E-state index is 5.36. The van der Waals surface area contributed by atoms with Crippen molar-refractivity contribution in [3.05, 3.63) is 36.5 Å². The number of rotatable bonds is 4. The molecule has 0 unspecified atom stereocenters. The van der Waals surface area contributed by atoms with Crippen molar-refractivity contribution in [1.29, 1.82) is 0 Å². The molecule has 1 aromatic carbocycles. The number of thioether (sulfide) groups is 1. The smallest absolute Gasteiger partial charge is 0.0647 e. The van der Waals surface area contributed by atoms with Crippen molar-refractivity contribution in [2.75, 3.05) is 20.5 Å². The zero-order valence-corrected chi connectivity index (χ0v) is 13.3. The predicted octanol–water partition coefficient (Wildman–Crippen LogP) is 3.29. The zero-order valence-electron chi connectivity index (χ0n) is 10.9. The van der Waals surface area contributed by atoms with Gasteiger partial charge >= 0.3 is 0 Å². The molecule has 0 aliphatic heterocycles. The number of benzene rings is 1. The topological polar surface area (TPSA) is 31.4 Å². The number of methoxy groups -OCH3 is 2. The van der Waals surface area contributed by atoms with E-state index in [4.69, 9.17) is 9.47 Å². The van der Waals surface area contributed by atoms with Crippen LogP contribution in [0, 0.1) is 6.07 Å². The zero-order chi connectivity index (χ0) is 13.0. The Balaban J connectivity index is 0.00000180. The van der Waals surface area contributed by atoms with Gasteiger partial charge in [0.25, 0.3) is 0 Å². The normalized spacial score (nSPS) is 9.63. The van der Waals surface area contributed by atoms with Crippen LogP contribution in [-0.4, -0.2) is 25.5 Å². The fraction of sp³-hybridized carbons (Fsp3) is 0.214. The van der Waals surface area contributed by atoms with E-state index in [1.54, 1.807) is 38.2 Å². The van der Waals surface area contributed by atoms with Crippen molar-refractivity contribution in [2.24, 2.45) is 0 Å². The van der Waals surface area contributed by atoms with Crippen LogP contribution in [0.4, 0.5) is 0 Å². The Labute approximate surface area is 130 Å². The van der Waals surface area contributed by atoms with Gasteiger partial charge < -0.3 is 14.5 Å². The third-order valence-electron chi connectivity index (χ3n) is 2.56. The van der Waals surface area contributed by atoms with E-state index in [1.165, 1.54) is 0 Å². The van der Waals surface area contributed by atoms with E-state index in [1.807, 2.05) is 24.5 Å². The summed E-state index contributed by atoms with van der Waals surface area (Å²) in [6, 6.07) is 10.8. The molecule has 0 saturated carbocycles. The van der Waals surface area contributed by atoms with E-state index in [-0.39, 0.29) is 19.5 Å². The van der Waals surface area contributed by atoms with Gasteiger partial charge in [-0.15, -0.1) is 23.9 Å². The van der Waals surface area contributed by atoms with Crippen LogP contribution in [0.1, 0.15) is 0 Å². The average molecular weight is 363 g/mol. The molecule has 2 rings (SSSR count). The number of pyridine rings is 1. The van der Waals surface area contributed by atoms with Crippen LogP contribution in [0.15, 0.2) is 35.4 Å². The van der Waals surface area contributed by atoms with Gasteiger partial charge in [-0.3, -0.25) is 0 Å². The summed E-state index contributed by atoms with van der Waals surface area (Å²) in [5.74, 6) is 1.43. The summed E-state index contributed by atoms with van der Waals surface area (Å²) in [7, 11) is 3.25. The van der Waals surface area contributed by atoms with Crippen LogP contribution in [0.3, 0.4) is 0 Å². The molecule has 1 aromatic heterocycles. The quantitative estimate of drug-likeness (QED) is 0.474. The predicted molar refractivity (Wildman–Crippen MR) is 73.4 cm³/mol. The minimum Gasteiger partial charge on any atom is -0.540 e. The minimum atomic E-state index is 0. The van der Waals surface area contributed by atoms with E-state index in [2.05, 4.69) is 11.1 Å². The molecular weight excluding hydrogens is 349 g/mol. The van der Waals surface area contributed by atoms with Crippen molar-refractivity contribution in [2.45, 2.75) is 4.90 Å². The van der Waals surface area contributed by atoms with Crippen LogP contribution in [0.2, 0.25) is 0 Å². The molecule has 0 N–H and O–H groups in total. The first-order chi connectivity index (χ1) is 8.78. The van der Waals surface area contributed by atoms with Crippen molar-refractivity contribution < 1.29 is 29.0 Å². The van der Waals surface area contributed by atoms with Crippen LogP contribution >= 0.6 is 11.8 Å². The van der Waals surface area contributed by atoms with Gasteiger partial charge in [-0.25, -0.2) is 0 Å². The molecular formula is C14H14NO2RhS-. The van der Waals surface area contributed by atoms with E-state index in [9.17, 15) is 0 Å². The molecule has 1 heterocycles. The second-order valence-corrected chi connectivity index (χ2v) is 4.44. The van der Waals surface area contributed by atoms with Gasteiger partial charge in [-0.2, -0.15) is 0 Å². The SMILES string of the molecule is COc1c[c-]c(-c2cc(SC)ccn2)c(OC)c1.[Rh]. The number of hydrogen-bond acceptors (Lipinski definition) is 4. The number of ether oxygens (including phenoxy) is 2. The van der Waals surface area contributed by atoms with Gasteiger partial charge in [0.05, 0.1) is 14.2 Å². The third kappa shape index (κ3) is 3.71. The summed E-state index contributed by atoms with van der Waals surface area (Å²) in [6.45, 7) is 0. The molecule has 0 spiro atoms. The summed E-state index contributed by atoms with van der Waals surface area (Å²) < 4.78 is 10.5. The molecule has 0 amide bonds. The van der Waals surface area contributed by atoms with Gasteiger partial charge in [-0.1, -0.05) is 17.7 Å².